The van der Waals surface area contributed by atoms with Crippen LogP contribution in [-0.2, 0) is 0 Å². The van der Waals surface area contributed by atoms with Gasteiger partial charge in [0.05, 0.1) is 0 Å². The van der Waals surface area contributed by atoms with Crippen LogP contribution < -0.4 is 5.73 Å². The molecule has 1 aliphatic rings. The molecule has 2 unspecified atom stereocenters. The Morgan fingerprint density at radius 2 is 2.00 bits per heavy atom. The molecule has 0 bridgehead atoms. The Balaban J connectivity index is 2.44. The molecular formula is C11H13ClFN. The van der Waals surface area contributed by atoms with E-state index in [0.717, 1.165) is 0 Å². The topological polar surface area (TPSA) is 26.0 Å². The van der Waals surface area contributed by atoms with E-state index in [1.165, 1.54) is 6.07 Å². The van der Waals surface area contributed by atoms with Crippen molar-refractivity contribution >= 4 is 11.6 Å². The zero-order valence-corrected chi connectivity index (χ0v) is 8.98. The van der Waals surface area contributed by atoms with Crippen LogP contribution in [-0.4, -0.2) is 6.04 Å². The quantitative estimate of drug-likeness (QED) is 0.763. The van der Waals surface area contributed by atoms with E-state index in [1.54, 1.807) is 12.1 Å². The molecule has 76 valence electrons. The second-order valence-electron chi connectivity index (χ2n) is 4.46. The third-order valence-corrected chi connectivity index (χ3v) is 3.55. The summed E-state index contributed by atoms with van der Waals surface area (Å²) in [6.07, 6.45) is 0. The summed E-state index contributed by atoms with van der Waals surface area (Å²) in [5.74, 6) is -0.195. The van der Waals surface area contributed by atoms with Crippen molar-refractivity contribution in [3.05, 3.63) is 34.6 Å². The Bertz CT molecular complexity index is 355. The van der Waals surface area contributed by atoms with E-state index in [9.17, 15) is 4.39 Å². The van der Waals surface area contributed by atoms with Crippen molar-refractivity contribution in [3.8, 4) is 0 Å². The molecule has 0 saturated heterocycles. The molecule has 2 atom stereocenters. The predicted molar refractivity (Wildman–Crippen MR) is 55.9 cm³/mol. The van der Waals surface area contributed by atoms with E-state index < -0.39 is 0 Å². The van der Waals surface area contributed by atoms with Crippen molar-refractivity contribution in [1.29, 1.82) is 0 Å². The molecular weight excluding hydrogens is 201 g/mol. The minimum atomic E-state index is -0.247. The van der Waals surface area contributed by atoms with Crippen molar-refractivity contribution in [2.24, 2.45) is 11.1 Å². The molecule has 0 aromatic heterocycles. The molecule has 1 aromatic rings. The summed E-state index contributed by atoms with van der Waals surface area (Å²) >= 11 is 5.96. The van der Waals surface area contributed by atoms with Crippen molar-refractivity contribution in [2.45, 2.75) is 25.8 Å². The van der Waals surface area contributed by atoms with Gasteiger partial charge < -0.3 is 5.73 Å². The summed E-state index contributed by atoms with van der Waals surface area (Å²) in [5, 5.41) is 0.482. The highest BCUT2D eigenvalue weighted by Gasteiger charge is 2.57. The van der Waals surface area contributed by atoms with Crippen LogP contribution in [0, 0.1) is 11.2 Å². The van der Waals surface area contributed by atoms with Gasteiger partial charge in [-0.1, -0.05) is 31.5 Å². The molecule has 3 heteroatoms. The number of benzene rings is 1. The molecule has 0 amide bonds. The van der Waals surface area contributed by atoms with E-state index >= 15 is 0 Å². The Kier molecular flexibility index (Phi) is 2.09. The van der Waals surface area contributed by atoms with Crippen molar-refractivity contribution in [1.82, 2.24) is 0 Å². The van der Waals surface area contributed by atoms with E-state index in [2.05, 4.69) is 0 Å². The maximum atomic E-state index is 13.5. The third-order valence-electron chi connectivity index (χ3n) is 3.22. The molecule has 1 nitrogen and oxygen atoms in total. The molecule has 2 N–H and O–H groups in total. The van der Waals surface area contributed by atoms with Crippen LogP contribution >= 0.6 is 11.6 Å². The zero-order chi connectivity index (χ0) is 10.5. The standard InChI is InChI=1S/C11H13ClFN/c1-11(2)9(10(11)14)8-6(12)4-3-5-7(8)13/h3-5,9-10H,14H2,1-2H3. The van der Waals surface area contributed by atoms with Gasteiger partial charge in [-0.3, -0.25) is 0 Å². The van der Waals surface area contributed by atoms with Crippen LogP contribution in [0.2, 0.25) is 5.02 Å². The highest BCUT2D eigenvalue weighted by molar-refractivity contribution is 6.31. The Morgan fingerprint density at radius 3 is 2.43 bits per heavy atom. The second-order valence-corrected chi connectivity index (χ2v) is 4.87. The lowest BCUT2D eigenvalue weighted by molar-refractivity contribution is 0.571. The average molecular weight is 214 g/mol. The van der Waals surface area contributed by atoms with Crippen LogP contribution in [0.4, 0.5) is 4.39 Å². The summed E-state index contributed by atoms with van der Waals surface area (Å²) in [6.45, 7) is 4.07. The van der Waals surface area contributed by atoms with E-state index in [4.69, 9.17) is 17.3 Å². The van der Waals surface area contributed by atoms with Crippen molar-refractivity contribution in [2.75, 3.05) is 0 Å². The fraction of sp³-hybridized carbons (Fsp3) is 0.455. The number of hydrogen-bond donors (Lipinski definition) is 1. The molecule has 0 aliphatic heterocycles. The predicted octanol–water partition coefficient (Wildman–Crippen LogP) is 2.93. The summed E-state index contributed by atoms with van der Waals surface area (Å²) < 4.78 is 13.5. The monoisotopic (exact) mass is 213 g/mol. The molecule has 0 spiro atoms. The van der Waals surface area contributed by atoms with Gasteiger partial charge in [-0.05, 0) is 17.5 Å². The zero-order valence-electron chi connectivity index (χ0n) is 8.22. The van der Waals surface area contributed by atoms with Gasteiger partial charge in [0.2, 0.25) is 0 Å². The lowest BCUT2D eigenvalue weighted by Gasteiger charge is -2.06. The first-order valence-corrected chi connectivity index (χ1v) is 5.03. The SMILES string of the molecule is CC1(C)C(N)C1c1c(F)cccc1Cl. The van der Waals surface area contributed by atoms with E-state index in [-0.39, 0.29) is 23.2 Å². The Hall–Kier alpha value is -0.600. The largest absolute Gasteiger partial charge is 0.327 e. The van der Waals surface area contributed by atoms with Gasteiger partial charge in [0.25, 0.3) is 0 Å². The first-order chi connectivity index (χ1) is 6.46. The number of rotatable bonds is 1. The van der Waals surface area contributed by atoms with Gasteiger partial charge in [-0.15, -0.1) is 0 Å². The van der Waals surface area contributed by atoms with Crippen LogP contribution in [0.3, 0.4) is 0 Å². The van der Waals surface area contributed by atoms with E-state index in [0.29, 0.717) is 10.6 Å². The van der Waals surface area contributed by atoms with Gasteiger partial charge in [-0.2, -0.15) is 0 Å². The normalized spacial score (nSPS) is 28.9. The smallest absolute Gasteiger partial charge is 0.128 e. The van der Waals surface area contributed by atoms with Gasteiger partial charge in [0.1, 0.15) is 5.82 Å². The highest BCUT2D eigenvalue weighted by atomic mass is 35.5. The fourth-order valence-electron chi connectivity index (χ4n) is 2.04. The van der Waals surface area contributed by atoms with Gasteiger partial charge in [-0.25, -0.2) is 4.39 Å². The van der Waals surface area contributed by atoms with Gasteiger partial charge >= 0.3 is 0 Å². The first kappa shape index (κ1) is 9.94. The summed E-state index contributed by atoms with van der Waals surface area (Å²) in [5.41, 5.74) is 6.43. The molecule has 1 aliphatic carbocycles. The minimum Gasteiger partial charge on any atom is -0.327 e. The molecule has 0 heterocycles. The maximum absolute atomic E-state index is 13.5. The molecule has 1 fully saturated rings. The van der Waals surface area contributed by atoms with E-state index in [1.807, 2.05) is 13.8 Å². The lowest BCUT2D eigenvalue weighted by Crippen LogP contribution is -2.06. The molecule has 1 aromatic carbocycles. The van der Waals surface area contributed by atoms with Crippen molar-refractivity contribution in [3.63, 3.8) is 0 Å². The summed E-state index contributed by atoms with van der Waals surface area (Å²) in [7, 11) is 0. The first-order valence-electron chi connectivity index (χ1n) is 4.65. The average Bonchev–Trinajstić information content (AvgIpc) is 2.54. The third kappa shape index (κ3) is 1.25. The molecule has 1 saturated carbocycles. The minimum absolute atomic E-state index is 0.0110. The fourth-order valence-corrected chi connectivity index (χ4v) is 2.32. The molecule has 0 radical (unpaired) electrons. The van der Waals surface area contributed by atoms with Crippen LogP contribution in [0.25, 0.3) is 0 Å². The highest BCUT2D eigenvalue weighted by Crippen LogP contribution is 2.59. The van der Waals surface area contributed by atoms with Gasteiger partial charge in [0.15, 0.2) is 0 Å². The van der Waals surface area contributed by atoms with Crippen LogP contribution in [0.1, 0.15) is 25.3 Å². The maximum Gasteiger partial charge on any atom is 0.128 e. The summed E-state index contributed by atoms with van der Waals surface area (Å²) in [6, 6.07) is 4.77. The van der Waals surface area contributed by atoms with Crippen LogP contribution in [0.5, 0.6) is 0 Å². The summed E-state index contributed by atoms with van der Waals surface area (Å²) in [4.78, 5) is 0. The molecule has 14 heavy (non-hydrogen) atoms. The molecule has 2 rings (SSSR count). The number of nitrogens with two attached hydrogens (primary N) is 1. The Labute approximate surface area is 88.1 Å². The van der Waals surface area contributed by atoms with Gasteiger partial charge in [0, 0.05) is 22.5 Å². The lowest BCUT2D eigenvalue weighted by atomic mass is 10.0. The van der Waals surface area contributed by atoms with Crippen LogP contribution in [0.15, 0.2) is 18.2 Å². The number of hydrogen-bond acceptors (Lipinski definition) is 1. The van der Waals surface area contributed by atoms with Crippen molar-refractivity contribution < 1.29 is 4.39 Å². The Morgan fingerprint density at radius 1 is 1.43 bits per heavy atom. The number of halogens is 2. The second kappa shape index (κ2) is 2.94.